The van der Waals surface area contributed by atoms with Gasteiger partial charge in [-0.15, -0.1) is 0 Å². The van der Waals surface area contributed by atoms with Gasteiger partial charge in [-0.1, -0.05) is 31.5 Å². The molecule has 0 bridgehead atoms. The molecule has 2 atom stereocenters. The molecule has 0 fully saturated rings. The molecule has 0 saturated carbocycles. The summed E-state index contributed by atoms with van der Waals surface area (Å²) >= 11 is 7.60. The largest absolute Gasteiger partial charge is 0.370 e. The van der Waals surface area contributed by atoms with Crippen LogP contribution in [0.25, 0.3) is 0 Å². The van der Waals surface area contributed by atoms with Crippen molar-refractivity contribution in [2.75, 3.05) is 12.9 Å². The second-order valence-corrected chi connectivity index (χ2v) is 7.60. The Hall–Kier alpha value is -1.28. The van der Waals surface area contributed by atoms with E-state index in [0.29, 0.717) is 22.3 Å². The van der Waals surface area contributed by atoms with Crippen LogP contribution in [0, 0.1) is 0 Å². The normalized spacial score (nSPS) is 13.4. The monoisotopic (exact) mass is 373 g/mol. The molecule has 1 aromatic carbocycles. The van der Waals surface area contributed by atoms with Crippen LogP contribution in [0.15, 0.2) is 24.3 Å². The first-order valence-corrected chi connectivity index (χ1v) is 9.03. The Balaban J connectivity index is 2.50. The van der Waals surface area contributed by atoms with Gasteiger partial charge in [0.05, 0.1) is 0 Å². The Kier molecular flexibility index (Phi) is 9.13. The van der Waals surface area contributed by atoms with E-state index in [0.717, 1.165) is 5.75 Å². The van der Waals surface area contributed by atoms with E-state index in [1.165, 1.54) is 13.2 Å². The van der Waals surface area contributed by atoms with Crippen molar-refractivity contribution in [3.8, 4) is 0 Å². The molecule has 4 N–H and O–H groups in total. The lowest BCUT2D eigenvalue weighted by Crippen LogP contribution is -2.53. The van der Waals surface area contributed by atoms with Crippen molar-refractivity contribution in [3.05, 3.63) is 34.9 Å². The number of nitrogens with two attached hydrogens (primary N) is 1. The highest BCUT2D eigenvalue weighted by molar-refractivity contribution is 7.99. The van der Waals surface area contributed by atoms with Gasteiger partial charge in [0.2, 0.25) is 0 Å². The van der Waals surface area contributed by atoms with Crippen molar-refractivity contribution in [2.45, 2.75) is 37.7 Å². The van der Waals surface area contributed by atoms with E-state index >= 15 is 0 Å². The topological polar surface area (TPSA) is 93.5 Å². The number of hydrogen-bond donors (Lipinski definition) is 3. The molecule has 0 aliphatic heterocycles. The zero-order valence-electron chi connectivity index (χ0n) is 14.0. The molecule has 0 aliphatic rings. The predicted octanol–water partition coefficient (Wildman–Crippen LogP) is 1.98. The van der Waals surface area contributed by atoms with Gasteiger partial charge in [0, 0.05) is 23.7 Å². The van der Waals surface area contributed by atoms with E-state index in [1.54, 1.807) is 30.0 Å². The van der Waals surface area contributed by atoms with Crippen LogP contribution in [0.2, 0.25) is 5.02 Å². The third kappa shape index (κ3) is 7.09. The number of carbonyl (C=O) groups is 2. The van der Waals surface area contributed by atoms with Crippen LogP contribution in [0.3, 0.4) is 0 Å². The van der Waals surface area contributed by atoms with Crippen LogP contribution in [0.1, 0.15) is 30.6 Å². The smallest absolute Gasteiger partial charge is 0.269 e. The van der Waals surface area contributed by atoms with Crippen LogP contribution in [-0.4, -0.2) is 42.1 Å². The lowest BCUT2D eigenvalue weighted by Gasteiger charge is -2.22. The van der Waals surface area contributed by atoms with Gasteiger partial charge in [-0.05, 0) is 35.6 Å². The van der Waals surface area contributed by atoms with Gasteiger partial charge in [0.15, 0.2) is 6.10 Å². The molecular weight excluding hydrogens is 350 g/mol. The van der Waals surface area contributed by atoms with Crippen molar-refractivity contribution in [1.82, 2.24) is 10.9 Å². The number of thioether (sulfide) groups is 1. The van der Waals surface area contributed by atoms with E-state index in [1.807, 2.05) is 0 Å². The summed E-state index contributed by atoms with van der Waals surface area (Å²) in [4.78, 5) is 24.1. The Morgan fingerprint density at radius 3 is 2.62 bits per heavy atom. The lowest BCUT2D eigenvalue weighted by molar-refractivity contribution is -0.133. The quantitative estimate of drug-likeness (QED) is 0.606. The zero-order valence-corrected chi connectivity index (χ0v) is 15.6. The van der Waals surface area contributed by atoms with Gasteiger partial charge in [-0.2, -0.15) is 11.8 Å². The molecule has 1 aromatic rings. The van der Waals surface area contributed by atoms with Gasteiger partial charge in [0.1, 0.15) is 0 Å². The lowest BCUT2D eigenvalue weighted by atomic mass is 10.1. The van der Waals surface area contributed by atoms with E-state index < -0.39 is 24.0 Å². The highest BCUT2D eigenvalue weighted by Crippen LogP contribution is 2.13. The first-order chi connectivity index (χ1) is 11.3. The van der Waals surface area contributed by atoms with Crippen LogP contribution >= 0.6 is 23.4 Å². The van der Waals surface area contributed by atoms with Crippen molar-refractivity contribution in [1.29, 1.82) is 0 Å². The molecule has 2 unspecified atom stereocenters. The molecule has 8 heteroatoms. The minimum Gasteiger partial charge on any atom is -0.370 e. The summed E-state index contributed by atoms with van der Waals surface area (Å²) in [5.74, 6) is -0.125. The molecule has 2 amide bonds. The number of amides is 2. The molecule has 0 radical (unpaired) electrons. The summed E-state index contributed by atoms with van der Waals surface area (Å²) in [7, 11) is 1.42. The van der Waals surface area contributed by atoms with Gasteiger partial charge in [-0.25, -0.2) is 0 Å². The maximum atomic E-state index is 12.2. The fraction of sp³-hybridized carbons (Fsp3) is 0.500. The Labute approximate surface area is 151 Å². The zero-order chi connectivity index (χ0) is 18.1. The minimum absolute atomic E-state index is 0.342. The number of rotatable bonds is 8. The molecule has 6 nitrogen and oxygen atoms in total. The van der Waals surface area contributed by atoms with Gasteiger partial charge in [-0.3, -0.25) is 20.4 Å². The van der Waals surface area contributed by atoms with Gasteiger partial charge in [0.25, 0.3) is 11.8 Å². The summed E-state index contributed by atoms with van der Waals surface area (Å²) in [6, 6.07) is 5.96. The van der Waals surface area contributed by atoms with Crippen LogP contribution in [0.4, 0.5) is 0 Å². The molecular formula is C16H24ClN3O3S. The highest BCUT2D eigenvalue weighted by Gasteiger charge is 2.25. The molecule has 0 saturated heterocycles. The maximum Gasteiger partial charge on any atom is 0.269 e. The van der Waals surface area contributed by atoms with Gasteiger partial charge >= 0.3 is 0 Å². The summed E-state index contributed by atoms with van der Waals surface area (Å²) in [5.41, 5.74) is 11.0. The number of hydrazine groups is 1. The molecule has 134 valence electrons. The van der Waals surface area contributed by atoms with E-state index in [4.69, 9.17) is 22.1 Å². The first-order valence-electron chi connectivity index (χ1n) is 7.61. The van der Waals surface area contributed by atoms with E-state index in [2.05, 4.69) is 24.7 Å². The number of hydrogen-bond acceptors (Lipinski definition) is 5. The fourth-order valence-electron chi connectivity index (χ4n) is 1.96. The number of nitrogens with one attached hydrogen (secondary N) is 2. The summed E-state index contributed by atoms with van der Waals surface area (Å²) in [5, 5.41) is 0.942. The van der Waals surface area contributed by atoms with E-state index in [-0.39, 0.29) is 0 Å². The Morgan fingerprint density at radius 2 is 2.04 bits per heavy atom. The summed E-state index contributed by atoms with van der Waals surface area (Å²) in [6.07, 6.45) is -0.200. The molecule has 0 aliphatic carbocycles. The first kappa shape index (κ1) is 20.8. The fourth-order valence-corrected chi connectivity index (χ4v) is 3.03. The summed E-state index contributed by atoms with van der Waals surface area (Å²) in [6.45, 7) is 4.20. The molecule has 0 spiro atoms. The number of halogens is 1. The third-order valence-corrected chi connectivity index (χ3v) is 4.56. The van der Waals surface area contributed by atoms with Crippen molar-refractivity contribution >= 4 is 35.2 Å². The second kappa shape index (κ2) is 10.6. The van der Waals surface area contributed by atoms with Crippen LogP contribution in [-0.2, 0) is 9.53 Å². The average Bonchev–Trinajstić information content (AvgIpc) is 2.52. The van der Waals surface area contributed by atoms with Crippen molar-refractivity contribution < 1.29 is 14.3 Å². The van der Waals surface area contributed by atoms with Crippen LogP contribution in [0.5, 0.6) is 0 Å². The minimum atomic E-state index is -0.836. The Bertz CT molecular complexity index is 557. The van der Waals surface area contributed by atoms with Crippen molar-refractivity contribution in [2.24, 2.45) is 5.73 Å². The van der Waals surface area contributed by atoms with Gasteiger partial charge < -0.3 is 10.5 Å². The number of methoxy groups -OCH3 is 1. The summed E-state index contributed by atoms with van der Waals surface area (Å²) < 4.78 is 5.17. The molecule has 0 heterocycles. The standard InChI is InChI=1S/C16H24ClN3O3S/c1-10(2)24-8-7-13(18)14(23-3)16(22)20-19-15(21)11-5-4-6-12(17)9-11/h4-6,9-10,13-14H,7-8,18H2,1-3H3,(H,19,21)(H,20,22). The third-order valence-electron chi connectivity index (χ3n) is 3.19. The average molecular weight is 374 g/mol. The van der Waals surface area contributed by atoms with Crippen LogP contribution < -0.4 is 16.6 Å². The molecule has 0 aromatic heterocycles. The van der Waals surface area contributed by atoms with E-state index in [9.17, 15) is 9.59 Å². The maximum absolute atomic E-state index is 12.2. The number of benzene rings is 1. The molecule has 1 rings (SSSR count). The number of ether oxygens (including phenoxy) is 1. The highest BCUT2D eigenvalue weighted by atomic mass is 35.5. The van der Waals surface area contributed by atoms with Crippen molar-refractivity contribution in [3.63, 3.8) is 0 Å². The SMILES string of the molecule is COC(C(=O)NNC(=O)c1cccc(Cl)c1)C(N)CCSC(C)C. The number of carbonyl (C=O) groups excluding carboxylic acids is 2. The Morgan fingerprint density at radius 1 is 1.33 bits per heavy atom. The molecule has 24 heavy (non-hydrogen) atoms. The second-order valence-electron chi connectivity index (χ2n) is 5.48. The predicted molar refractivity (Wildman–Crippen MR) is 98.0 cm³/mol.